The molecule has 0 saturated heterocycles. The molecular weight excluding hydrogens is 456 g/mol. The predicted octanol–water partition coefficient (Wildman–Crippen LogP) is 2.47. The first-order valence-corrected chi connectivity index (χ1v) is 11.7. The number of aromatic amines is 1. The summed E-state index contributed by atoms with van der Waals surface area (Å²) in [5.74, 6) is 1.70. The van der Waals surface area contributed by atoms with Gasteiger partial charge in [0.15, 0.2) is 0 Å². The Morgan fingerprint density at radius 2 is 2.19 bits per heavy atom. The number of aromatic nitrogens is 3. The zero-order valence-electron chi connectivity index (χ0n) is 21.0. The number of nitrogens with two attached hydrogens (primary N) is 1. The highest BCUT2D eigenvalue weighted by Crippen LogP contribution is 2.39. The highest BCUT2D eigenvalue weighted by Gasteiger charge is 2.22. The molecule has 4 rings (SSSR count). The van der Waals surface area contributed by atoms with Gasteiger partial charge in [-0.15, -0.1) is 0 Å². The zero-order chi connectivity index (χ0) is 25.8. The van der Waals surface area contributed by atoms with Crippen LogP contribution < -0.4 is 21.1 Å². The van der Waals surface area contributed by atoms with Crippen molar-refractivity contribution in [3.8, 4) is 16.9 Å². The van der Waals surface area contributed by atoms with Crippen molar-refractivity contribution < 1.29 is 9.53 Å². The lowest BCUT2D eigenvalue weighted by Crippen LogP contribution is -2.16. The normalized spacial score (nSPS) is 12.6. The van der Waals surface area contributed by atoms with Crippen molar-refractivity contribution in [3.63, 3.8) is 0 Å². The molecule has 5 N–H and O–H groups in total. The molecule has 3 heterocycles. The number of aliphatic imine (C=N–C) groups is 1. The van der Waals surface area contributed by atoms with Gasteiger partial charge in [-0.25, -0.2) is 4.98 Å². The Bertz CT molecular complexity index is 1170. The van der Waals surface area contributed by atoms with Crippen LogP contribution in [0.3, 0.4) is 0 Å². The largest absolute Gasteiger partial charge is 0.492 e. The number of aldehydes is 1. The monoisotopic (exact) mass is 490 g/mol. The molecule has 0 radical (unpaired) electrons. The van der Waals surface area contributed by atoms with E-state index in [9.17, 15) is 4.79 Å². The van der Waals surface area contributed by atoms with E-state index in [1.165, 1.54) is 6.20 Å². The number of H-pyrrole nitrogens is 1. The molecule has 36 heavy (non-hydrogen) atoms. The number of rotatable bonds is 10. The summed E-state index contributed by atoms with van der Waals surface area (Å²) in [4.78, 5) is 21.7. The first-order chi connectivity index (χ1) is 17.5. The first-order valence-electron chi connectivity index (χ1n) is 11.7. The number of hydrogen-bond donors (Lipinski definition) is 4. The first kappa shape index (κ1) is 26.4. The van der Waals surface area contributed by atoms with E-state index in [1.54, 1.807) is 24.7 Å². The Morgan fingerprint density at radius 3 is 2.89 bits per heavy atom. The third kappa shape index (κ3) is 7.41. The Hall–Kier alpha value is -4.18. The molecule has 1 aromatic carbocycles. The lowest BCUT2D eigenvalue weighted by molar-refractivity contribution is 0.112. The molecule has 0 unspecified atom stereocenters. The smallest absolute Gasteiger partial charge is 0.150 e. The van der Waals surface area contributed by atoms with Gasteiger partial charge in [0.2, 0.25) is 0 Å². The van der Waals surface area contributed by atoms with Crippen LogP contribution in [0.15, 0.2) is 59.7 Å². The number of likely N-dealkylation sites (N-methyl/N-ethyl adjacent to an activating group) is 1. The number of benzene rings is 1. The Morgan fingerprint density at radius 1 is 1.33 bits per heavy atom. The number of hydrogen-bond acceptors (Lipinski definition) is 9. The fraction of sp³-hybridized carbons (Fsp3) is 0.308. The van der Waals surface area contributed by atoms with Crippen molar-refractivity contribution in [1.29, 1.82) is 0 Å². The van der Waals surface area contributed by atoms with E-state index in [4.69, 9.17) is 10.5 Å². The molecule has 0 fully saturated rings. The van der Waals surface area contributed by atoms with Crippen LogP contribution >= 0.6 is 0 Å². The summed E-state index contributed by atoms with van der Waals surface area (Å²) in [6, 6.07) is 7.52. The Labute approximate surface area is 211 Å². The maximum Gasteiger partial charge on any atom is 0.150 e. The van der Waals surface area contributed by atoms with E-state index in [1.807, 2.05) is 45.5 Å². The standard InChI is InChI=1S/C18H16N4O2.C8H18N4/c23-11-13-3-1-2-12(6-13)7-19-18-15-4-5-24-17(15)16(10-20-18)14-8-21-22-9-14;1-10-8(6-9)7-11-4-5-12(2)3/h1-3,6,8-11H,4-5,7H2,(H,19,20)(H,21,22);6-7,10H,4-5,9H2,1-3H3/b;8-6+,11-7?. The van der Waals surface area contributed by atoms with E-state index in [-0.39, 0.29) is 0 Å². The van der Waals surface area contributed by atoms with E-state index in [0.29, 0.717) is 18.7 Å². The molecule has 1 aliphatic heterocycles. The minimum absolute atomic E-state index is 0.603. The molecule has 1 aliphatic rings. The number of allylic oxidation sites excluding steroid dienone is 1. The fourth-order valence-corrected chi connectivity index (χ4v) is 3.52. The highest BCUT2D eigenvalue weighted by atomic mass is 16.5. The van der Waals surface area contributed by atoms with Gasteiger partial charge in [-0.05, 0) is 25.7 Å². The molecule has 2 aromatic heterocycles. The van der Waals surface area contributed by atoms with Gasteiger partial charge in [-0.1, -0.05) is 18.2 Å². The van der Waals surface area contributed by atoms with Crippen LogP contribution in [0.5, 0.6) is 5.75 Å². The van der Waals surface area contributed by atoms with Crippen molar-refractivity contribution in [1.82, 2.24) is 25.4 Å². The number of carbonyl (C=O) groups is 1. The maximum atomic E-state index is 10.9. The van der Waals surface area contributed by atoms with Gasteiger partial charge in [-0.3, -0.25) is 14.9 Å². The van der Waals surface area contributed by atoms with Crippen LogP contribution in [0.25, 0.3) is 11.1 Å². The number of nitrogens with zero attached hydrogens (tertiary/aromatic N) is 4. The molecule has 0 bridgehead atoms. The minimum atomic E-state index is 0.603. The van der Waals surface area contributed by atoms with E-state index in [2.05, 4.69) is 35.7 Å². The quantitative estimate of drug-likeness (QED) is 0.252. The summed E-state index contributed by atoms with van der Waals surface area (Å²) in [6.07, 6.45) is 10.3. The van der Waals surface area contributed by atoms with E-state index in [0.717, 1.165) is 65.3 Å². The summed E-state index contributed by atoms with van der Waals surface area (Å²) in [5.41, 5.74) is 10.8. The molecule has 190 valence electrons. The molecule has 10 nitrogen and oxygen atoms in total. The molecule has 0 atom stereocenters. The summed E-state index contributed by atoms with van der Waals surface area (Å²) in [5, 5.41) is 13.1. The lowest BCUT2D eigenvalue weighted by atomic mass is 10.1. The Kier molecular flexibility index (Phi) is 10.0. The molecule has 0 amide bonds. The predicted molar refractivity (Wildman–Crippen MR) is 143 cm³/mol. The van der Waals surface area contributed by atoms with Crippen molar-refractivity contribution in [2.75, 3.05) is 46.2 Å². The molecular formula is C26H34N8O2. The van der Waals surface area contributed by atoms with Crippen LogP contribution in [-0.4, -0.2) is 73.4 Å². The topological polar surface area (TPSA) is 134 Å². The third-order valence-corrected chi connectivity index (χ3v) is 5.46. The second-order valence-electron chi connectivity index (χ2n) is 8.34. The zero-order valence-corrected chi connectivity index (χ0v) is 21.0. The maximum absolute atomic E-state index is 10.9. The summed E-state index contributed by atoms with van der Waals surface area (Å²) in [6.45, 7) is 3.01. The number of carbonyl (C=O) groups excluding carboxylic acids is 1. The van der Waals surface area contributed by atoms with Crippen LogP contribution in [0, 0.1) is 0 Å². The van der Waals surface area contributed by atoms with Gasteiger partial charge < -0.3 is 26.0 Å². The highest BCUT2D eigenvalue weighted by molar-refractivity contribution is 5.77. The number of nitrogens with one attached hydrogen (secondary N) is 3. The molecule has 3 aromatic rings. The second-order valence-corrected chi connectivity index (χ2v) is 8.34. The van der Waals surface area contributed by atoms with Gasteiger partial charge in [0.1, 0.15) is 17.9 Å². The van der Waals surface area contributed by atoms with Gasteiger partial charge in [-0.2, -0.15) is 5.10 Å². The van der Waals surface area contributed by atoms with Gasteiger partial charge in [0, 0.05) is 73.6 Å². The van der Waals surface area contributed by atoms with Gasteiger partial charge >= 0.3 is 0 Å². The summed E-state index contributed by atoms with van der Waals surface area (Å²) < 4.78 is 5.81. The average Bonchev–Trinajstić information content (AvgIpc) is 3.61. The van der Waals surface area contributed by atoms with Crippen molar-refractivity contribution >= 4 is 18.3 Å². The molecule has 0 saturated carbocycles. The second kappa shape index (κ2) is 13.6. The summed E-state index contributed by atoms with van der Waals surface area (Å²) in [7, 11) is 5.86. The fourth-order valence-electron chi connectivity index (χ4n) is 3.52. The summed E-state index contributed by atoms with van der Waals surface area (Å²) >= 11 is 0. The van der Waals surface area contributed by atoms with Gasteiger partial charge in [0.25, 0.3) is 0 Å². The van der Waals surface area contributed by atoms with Crippen LogP contribution in [0.2, 0.25) is 0 Å². The molecule has 10 heteroatoms. The molecule has 0 spiro atoms. The van der Waals surface area contributed by atoms with E-state index >= 15 is 0 Å². The van der Waals surface area contributed by atoms with Crippen LogP contribution in [-0.2, 0) is 13.0 Å². The third-order valence-electron chi connectivity index (χ3n) is 5.46. The number of pyridine rings is 1. The number of fused-ring (bicyclic) bond motifs is 1. The minimum Gasteiger partial charge on any atom is -0.492 e. The average molecular weight is 491 g/mol. The Balaban J connectivity index is 0.000000257. The number of anilines is 1. The van der Waals surface area contributed by atoms with E-state index < -0.39 is 0 Å². The number of ether oxygens (including phenoxy) is 1. The van der Waals surface area contributed by atoms with Crippen LogP contribution in [0.4, 0.5) is 5.82 Å². The lowest BCUT2D eigenvalue weighted by Gasteiger charge is -2.12. The SMILES string of the molecule is CN/C(C=NCCN(C)C)=C/N.O=Cc1cccc(CNc2ncc(-c3cn[nH]c3)c3c2CCO3)c1. The van der Waals surface area contributed by atoms with Crippen molar-refractivity contribution in [2.45, 2.75) is 13.0 Å². The van der Waals surface area contributed by atoms with Crippen molar-refractivity contribution in [3.05, 3.63) is 71.4 Å². The van der Waals surface area contributed by atoms with Crippen LogP contribution in [0.1, 0.15) is 21.5 Å². The van der Waals surface area contributed by atoms with Crippen molar-refractivity contribution in [2.24, 2.45) is 10.7 Å². The van der Waals surface area contributed by atoms with Gasteiger partial charge in [0.05, 0.1) is 25.0 Å². The molecule has 0 aliphatic carbocycles.